The fourth-order valence-electron chi connectivity index (χ4n) is 3.46. The van der Waals surface area contributed by atoms with E-state index in [4.69, 9.17) is 0 Å². The highest BCUT2D eigenvalue weighted by atomic mass is 19.1. The number of carbonyl (C=O) groups is 1. The molecule has 1 aromatic heterocycles. The molecular formula is C17H17F2N3O. The first-order valence-corrected chi connectivity index (χ1v) is 7.88. The fraction of sp³-hybridized carbons (Fsp3) is 0.412. The van der Waals surface area contributed by atoms with Crippen molar-refractivity contribution >= 4 is 5.91 Å². The minimum atomic E-state index is -0.564. The molecule has 2 aromatic rings. The standard InChI is InChI=1S/C17H17F2N3O/c18-13-2-1-3-14(19)16(13)11-8-12(11)17(23)21-10-4-5-15-20-6-7-22(15)9-10/h1-3,6-7,10-12H,4-5,8-9H2,(H,21,23)/t10-,11-,12-/m1/s1. The number of rotatable bonds is 3. The van der Waals surface area contributed by atoms with E-state index in [9.17, 15) is 13.6 Å². The first-order chi connectivity index (χ1) is 11.1. The Hall–Kier alpha value is -2.24. The number of imidazole rings is 1. The summed E-state index contributed by atoms with van der Waals surface area (Å²) in [6.07, 6.45) is 5.84. The van der Waals surface area contributed by atoms with Crippen LogP contribution in [0.2, 0.25) is 0 Å². The van der Waals surface area contributed by atoms with E-state index in [1.54, 1.807) is 6.20 Å². The Morgan fingerprint density at radius 2 is 2.09 bits per heavy atom. The van der Waals surface area contributed by atoms with Gasteiger partial charge in [-0.15, -0.1) is 0 Å². The van der Waals surface area contributed by atoms with Gasteiger partial charge < -0.3 is 9.88 Å². The lowest BCUT2D eigenvalue weighted by atomic mass is 10.1. The molecule has 120 valence electrons. The smallest absolute Gasteiger partial charge is 0.224 e. The molecule has 23 heavy (non-hydrogen) atoms. The van der Waals surface area contributed by atoms with Gasteiger partial charge in [-0.1, -0.05) is 6.07 Å². The van der Waals surface area contributed by atoms with Crippen molar-refractivity contribution in [1.29, 1.82) is 0 Å². The van der Waals surface area contributed by atoms with Crippen LogP contribution in [0.25, 0.3) is 0 Å². The first kappa shape index (κ1) is 14.4. The molecular weight excluding hydrogens is 300 g/mol. The molecule has 4 rings (SSSR count). The van der Waals surface area contributed by atoms with E-state index in [-0.39, 0.29) is 29.3 Å². The molecule has 2 heterocycles. The number of amides is 1. The third-order valence-electron chi connectivity index (χ3n) is 4.78. The van der Waals surface area contributed by atoms with E-state index in [1.807, 2.05) is 10.8 Å². The molecule has 2 aliphatic rings. The summed E-state index contributed by atoms with van der Waals surface area (Å²) in [7, 11) is 0. The van der Waals surface area contributed by atoms with Crippen molar-refractivity contribution in [1.82, 2.24) is 14.9 Å². The van der Waals surface area contributed by atoms with Crippen molar-refractivity contribution in [2.24, 2.45) is 5.92 Å². The van der Waals surface area contributed by atoms with Crippen LogP contribution < -0.4 is 5.32 Å². The zero-order valence-corrected chi connectivity index (χ0v) is 12.5. The van der Waals surface area contributed by atoms with Gasteiger partial charge >= 0.3 is 0 Å². The lowest BCUT2D eigenvalue weighted by Crippen LogP contribution is -2.41. The summed E-state index contributed by atoms with van der Waals surface area (Å²) in [5.74, 6) is -0.870. The van der Waals surface area contributed by atoms with Crippen LogP contribution >= 0.6 is 0 Å². The molecule has 4 nitrogen and oxygen atoms in total. The van der Waals surface area contributed by atoms with Gasteiger partial charge in [-0.25, -0.2) is 13.8 Å². The number of hydrogen-bond donors (Lipinski definition) is 1. The minimum absolute atomic E-state index is 0.0492. The fourth-order valence-corrected chi connectivity index (χ4v) is 3.46. The highest BCUT2D eigenvalue weighted by Gasteiger charge is 2.47. The zero-order valence-electron chi connectivity index (χ0n) is 12.5. The molecule has 1 aliphatic carbocycles. The van der Waals surface area contributed by atoms with E-state index in [0.717, 1.165) is 18.7 Å². The molecule has 6 heteroatoms. The summed E-state index contributed by atoms with van der Waals surface area (Å²) >= 11 is 0. The van der Waals surface area contributed by atoms with E-state index in [2.05, 4.69) is 10.3 Å². The summed E-state index contributed by atoms with van der Waals surface area (Å²) in [5, 5.41) is 3.02. The number of aryl methyl sites for hydroxylation is 1. The first-order valence-electron chi connectivity index (χ1n) is 7.88. The van der Waals surface area contributed by atoms with Crippen molar-refractivity contribution in [2.75, 3.05) is 0 Å². The predicted molar refractivity (Wildman–Crippen MR) is 79.7 cm³/mol. The molecule has 1 N–H and O–H groups in total. The Bertz CT molecular complexity index is 738. The SMILES string of the molecule is O=C(N[C@@H]1CCc2nccn2C1)[C@@H]1C[C@H]1c1c(F)cccc1F. The van der Waals surface area contributed by atoms with Crippen molar-refractivity contribution in [2.45, 2.75) is 37.8 Å². The van der Waals surface area contributed by atoms with Crippen LogP contribution in [-0.2, 0) is 17.8 Å². The van der Waals surface area contributed by atoms with Crippen LogP contribution in [0.15, 0.2) is 30.6 Å². The van der Waals surface area contributed by atoms with E-state index >= 15 is 0 Å². The predicted octanol–water partition coefficient (Wildman–Crippen LogP) is 2.40. The van der Waals surface area contributed by atoms with Gasteiger partial charge in [0.15, 0.2) is 0 Å². The van der Waals surface area contributed by atoms with Gasteiger partial charge in [0.25, 0.3) is 0 Å². The topological polar surface area (TPSA) is 46.9 Å². The van der Waals surface area contributed by atoms with Gasteiger partial charge in [0.1, 0.15) is 17.5 Å². The van der Waals surface area contributed by atoms with Gasteiger partial charge in [0.2, 0.25) is 5.91 Å². The highest BCUT2D eigenvalue weighted by Crippen LogP contribution is 2.49. The van der Waals surface area contributed by atoms with Gasteiger partial charge in [-0.2, -0.15) is 0 Å². The maximum atomic E-state index is 13.8. The van der Waals surface area contributed by atoms with Gasteiger partial charge in [0, 0.05) is 48.8 Å². The van der Waals surface area contributed by atoms with Crippen LogP contribution in [0, 0.1) is 17.6 Å². The Morgan fingerprint density at radius 3 is 2.87 bits per heavy atom. The third kappa shape index (κ3) is 2.62. The number of halogens is 2. The Morgan fingerprint density at radius 1 is 1.30 bits per heavy atom. The second-order valence-corrected chi connectivity index (χ2v) is 6.32. The summed E-state index contributed by atoms with van der Waals surface area (Å²) in [6, 6.07) is 3.88. The quantitative estimate of drug-likeness (QED) is 0.945. The van der Waals surface area contributed by atoms with Crippen LogP contribution in [0.3, 0.4) is 0 Å². The summed E-state index contributed by atoms with van der Waals surface area (Å²) < 4.78 is 29.6. The monoisotopic (exact) mass is 317 g/mol. The molecule has 0 unspecified atom stereocenters. The van der Waals surface area contributed by atoms with Crippen molar-refractivity contribution < 1.29 is 13.6 Å². The zero-order chi connectivity index (χ0) is 16.0. The summed E-state index contributed by atoms with van der Waals surface area (Å²) in [5.41, 5.74) is 0.0492. The number of hydrogen-bond acceptors (Lipinski definition) is 2. The molecule has 0 saturated heterocycles. The Labute approximate surface area is 132 Å². The molecule has 1 saturated carbocycles. The number of benzene rings is 1. The molecule has 3 atom stereocenters. The Kier molecular flexibility index (Phi) is 3.39. The summed E-state index contributed by atoms with van der Waals surface area (Å²) in [4.78, 5) is 16.6. The molecule has 0 bridgehead atoms. The van der Waals surface area contributed by atoms with E-state index < -0.39 is 11.6 Å². The maximum Gasteiger partial charge on any atom is 0.224 e. The summed E-state index contributed by atoms with van der Waals surface area (Å²) in [6.45, 7) is 0.701. The van der Waals surface area contributed by atoms with Crippen LogP contribution in [0.4, 0.5) is 8.78 Å². The van der Waals surface area contributed by atoms with Gasteiger partial charge in [0.05, 0.1) is 0 Å². The lowest BCUT2D eigenvalue weighted by Gasteiger charge is -2.24. The normalized spacial score (nSPS) is 25.7. The number of aromatic nitrogens is 2. The van der Waals surface area contributed by atoms with Crippen molar-refractivity contribution in [3.63, 3.8) is 0 Å². The molecule has 1 fully saturated rings. The van der Waals surface area contributed by atoms with E-state index in [1.165, 1.54) is 18.2 Å². The largest absolute Gasteiger partial charge is 0.351 e. The second kappa shape index (κ2) is 5.44. The lowest BCUT2D eigenvalue weighted by molar-refractivity contribution is -0.123. The van der Waals surface area contributed by atoms with Gasteiger partial charge in [-0.3, -0.25) is 4.79 Å². The number of nitrogens with zero attached hydrogens (tertiary/aromatic N) is 2. The third-order valence-corrected chi connectivity index (χ3v) is 4.78. The van der Waals surface area contributed by atoms with Gasteiger partial charge in [-0.05, 0) is 25.0 Å². The van der Waals surface area contributed by atoms with E-state index in [0.29, 0.717) is 13.0 Å². The number of nitrogens with one attached hydrogen (secondary N) is 1. The molecule has 1 aliphatic heterocycles. The number of carbonyl (C=O) groups excluding carboxylic acids is 1. The average molecular weight is 317 g/mol. The van der Waals surface area contributed by atoms with Crippen LogP contribution in [-0.4, -0.2) is 21.5 Å². The van der Waals surface area contributed by atoms with Crippen molar-refractivity contribution in [3.05, 3.63) is 53.6 Å². The average Bonchev–Trinajstić information content (AvgIpc) is 3.16. The Balaban J connectivity index is 1.40. The van der Waals surface area contributed by atoms with Crippen LogP contribution in [0.5, 0.6) is 0 Å². The maximum absolute atomic E-state index is 13.8. The molecule has 0 radical (unpaired) electrons. The highest BCUT2D eigenvalue weighted by molar-refractivity contribution is 5.83. The second-order valence-electron chi connectivity index (χ2n) is 6.32. The minimum Gasteiger partial charge on any atom is -0.351 e. The molecule has 1 amide bonds. The number of fused-ring (bicyclic) bond motifs is 1. The molecule has 1 aromatic carbocycles. The molecule has 0 spiro atoms. The van der Waals surface area contributed by atoms with Crippen molar-refractivity contribution in [3.8, 4) is 0 Å². The van der Waals surface area contributed by atoms with Crippen LogP contribution in [0.1, 0.15) is 30.1 Å².